The van der Waals surface area contributed by atoms with Gasteiger partial charge in [0.2, 0.25) is 0 Å². The van der Waals surface area contributed by atoms with Crippen LogP contribution in [0.15, 0.2) is 60.9 Å². The molecular formula is C16H12ClN3. The molecular weight excluding hydrogens is 270 g/mol. The second-order valence-corrected chi connectivity index (χ2v) is 4.80. The molecule has 0 unspecified atom stereocenters. The summed E-state index contributed by atoms with van der Waals surface area (Å²) in [4.78, 5) is 13.0. The van der Waals surface area contributed by atoms with E-state index in [0.29, 0.717) is 17.4 Å². The summed E-state index contributed by atoms with van der Waals surface area (Å²) in [6.45, 7) is 0. The summed E-state index contributed by atoms with van der Waals surface area (Å²) in [5, 5.41) is 0.456. The van der Waals surface area contributed by atoms with Gasteiger partial charge < -0.3 is 0 Å². The predicted octanol–water partition coefficient (Wildman–Crippen LogP) is 3.78. The molecule has 0 aliphatic carbocycles. The largest absolute Gasteiger partial charge is 0.264 e. The second kappa shape index (κ2) is 5.80. The molecule has 4 heteroatoms. The predicted molar refractivity (Wildman–Crippen MR) is 79.5 cm³/mol. The molecule has 3 aromatic rings. The molecule has 0 atom stereocenters. The van der Waals surface area contributed by atoms with Crippen LogP contribution in [0.5, 0.6) is 0 Å². The van der Waals surface area contributed by atoms with Crippen molar-refractivity contribution in [3.05, 3.63) is 77.3 Å². The molecule has 0 radical (unpaired) electrons. The lowest BCUT2D eigenvalue weighted by atomic mass is 10.1. The SMILES string of the molecule is Clc1cc(Cc2cccnc2)nc(-c2ccccc2)n1. The summed E-state index contributed by atoms with van der Waals surface area (Å²) < 4.78 is 0. The Morgan fingerprint density at radius 1 is 0.950 bits per heavy atom. The molecule has 0 saturated carbocycles. The molecule has 20 heavy (non-hydrogen) atoms. The molecule has 0 bridgehead atoms. The minimum absolute atomic E-state index is 0.456. The monoisotopic (exact) mass is 281 g/mol. The fourth-order valence-corrected chi connectivity index (χ4v) is 2.19. The molecule has 3 nitrogen and oxygen atoms in total. The molecule has 1 aromatic carbocycles. The molecule has 0 N–H and O–H groups in total. The van der Waals surface area contributed by atoms with E-state index in [1.807, 2.05) is 48.7 Å². The Kier molecular flexibility index (Phi) is 3.70. The van der Waals surface area contributed by atoms with Crippen LogP contribution in [-0.4, -0.2) is 15.0 Å². The molecule has 0 aliphatic rings. The van der Waals surface area contributed by atoms with Crippen molar-refractivity contribution in [2.24, 2.45) is 0 Å². The Hall–Kier alpha value is -2.26. The van der Waals surface area contributed by atoms with E-state index in [2.05, 4.69) is 15.0 Å². The normalized spacial score (nSPS) is 10.4. The van der Waals surface area contributed by atoms with Gasteiger partial charge in [-0.15, -0.1) is 0 Å². The van der Waals surface area contributed by atoms with Crippen LogP contribution in [0.2, 0.25) is 5.15 Å². The quantitative estimate of drug-likeness (QED) is 0.686. The molecule has 0 aliphatic heterocycles. The average Bonchev–Trinajstić information content (AvgIpc) is 2.49. The maximum absolute atomic E-state index is 6.10. The molecule has 0 fully saturated rings. The van der Waals surface area contributed by atoms with E-state index in [0.717, 1.165) is 16.8 Å². The van der Waals surface area contributed by atoms with Gasteiger partial charge in [0.05, 0.1) is 5.69 Å². The minimum Gasteiger partial charge on any atom is -0.264 e. The van der Waals surface area contributed by atoms with Crippen molar-refractivity contribution in [3.63, 3.8) is 0 Å². The van der Waals surface area contributed by atoms with Gasteiger partial charge >= 0.3 is 0 Å². The van der Waals surface area contributed by atoms with Crippen LogP contribution in [0.25, 0.3) is 11.4 Å². The first-order valence-corrected chi connectivity index (χ1v) is 6.67. The van der Waals surface area contributed by atoms with Gasteiger partial charge in [0, 0.05) is 24.4 Å². The zero-order valence-electron chi connectivity index (χ0n) is 10.7. The standard InChI is InChI=1S/C16H12ClN3/c17-15-10-14(9-12-5-4-8-18-11-12)19-16(20-15)13-6-2-1-3-7-13/h1-8,10-11H,9H2. The lowest BCUT2D eigenvalue weighted by molar-refractivity contribution is 1.02. The number of rotatable bonds is 3. The molecule has 0 spiro atoms. The first-order chi connectivity index (χ1) is 9.81. The number of halogens is 1. The lowest BCUT2D eigenvalue weighted by Gasteiger charge is -2.05. The third kappa shape index (κ3) is 3.00. The van der Waals surface area contributed by atoms with Crippen molar-refractivity contribution < 1.29 is 0 Å². The van der Waals surface area contributed by atoms with E-state index in [1.54, 1.807) is 12.3 Å². The number of benzene rings is 1. The fraction of sp³-hybridized carbons (Fsp3) is 0.0625. The zero-order valence-corrected chi connectivity index (χ0v) is 11.5. The Morgan fingerprint density at radius 3 is 2.55 bits per heavy atom. The van der Waals surface area contributed by atoms with Gasteiger partial charge in [-0.25, -0.2) is 9.97 Å². The second-order valence-electron chi connectivity index (χ2n) is 4.41. The first-order valence-electron chi connectivity index (χ1n) is 6.29. The summed E-state index contributed by atoms with van der Waals surface area (Å²) in [7, 11) is 0. The van der Waals surface area contributed by atoms with E-state index >= 15 is 0 Å². The molecule has 0 amide bonds. The average molecular weight is 282 g/mol. The summed E-state index contributed by atoms with van der Waals surface area (Å²) >= 11 is 6.10. The van der Waals surface area contributed by atoms with E-state index in [4.69, 9.17) is 11.6 Å². The van der Waals surface area contributed by atoms with Gasteiger partial charge in [-0.1, -0.05) is 48.0 Å². The molecule has 98 valence electrons. The van der Waals surface area contributed by atoms with Crippen LogP contribution in [-0.2, 0) is 6.42 Å². The highest BCUT2D eigenvalue weighted by molar-refractivity contribution is 6.29. The maximum Gasteiger partial charge on any atom is 0.161 e. The number of hydrogen-bond donors (Lipinski definition) is 0. The summed E-state index contributed by atoms with van der Waals surface area (Å²) in [5.74, 6) is 0.650. The van der Waals surface area contributed by atoms with Crippen LogP contribution in [0, 0.1) is 0 Å². The highest BCUT2D eigenvalue weighted by Gasteiger charge is 2.06. The van der Waals surface area contributed by atoms with Crippen LogP contribution in [0.4, 0.5) is 0 Å². The number of hydrogen-bond acceptors (Lipinski definition) is 3. The Bertz CT molecular complexity index is 699. The van der Waals surface area contributed by atoms with E-state index in [9.17, 15) is 0 Å². The molecule has 3 rings (SSSR count). The van der Waals surface area contributed by atoms with E-state index < -0.39 is 0 Å². The maximum atomic E-state index is 6.10. The van der Waals surface area contributed by atoms with Gasteiger partial charge in [-0.2, -0.15) is 0 Å². The third-order valence-electron chi connectivity index (χ3n) is 2.89. The van der Waals surface area contributed by atoms with Crippen LogP contribution in [0.1, 0.15) is 11.3 Å². The molecule has 2 aromatic heterocycles. The highest BCUT2D eigenvalue weighted by Crippen LogP contribution is 2.19. The number of aromatic nitrogens is 3. The minimum atomic E-state index is 0.456. The van der Waals surface area contributed by atoms with Crippen molar-refractivity contribution in [2.75, 3.05) is 0 Å². The third-order valence-corrected chi connectivity index (χ3v) is 3.08. The van der Waals surface area contributed by atoms with Gasteiger partial charge in [0.15, 0.2) is 5.82 Å². The zero-order chi connectivity index (χ0) is 13.8. The Balaban J connectivity index is 1.95. The van der Waals surface area contributed by atoms with Gasteiger partial charge in [-0.05, 0) is 17.7 Å². The van der Waals surface area contributed by atoms with Gasteiger partial charge in [0.1, 0.15) is 5.15 Å². The fourth-order valence-electron chi connectivity index (χ4n) is 1.98. The topological polar surface area (TPSA) is 38.7 Å². The molecule has 2 heterocycles. The summed E-state index contributed by atoms with van der Waals surface area (Å²) in [6.07, 6.45) is 4.28. The molecule has 0 saturated heterocycles. The van der Waals surface area contributed by atoms with Gasteiger partial charge in [-0.3, -0.25) is 4.98 Å². The Labute approximate surface area is 122 Å². The number of nitrogens with zero attached hydrogens (tertiary/aromatic N) is 3. The van der Waals surface area contributed by atoms with Crippen molar-refractivity contribution in [1.82, 2.24) is 15.0 Å². The van der Waals surface area contributed by atoms with Crippen molar-refractivity contribution in [3.8, 4) is 11.4 Å². The van der Waals surface area contributed by atoms with Crippen molar-refractivity contribution >= 4 is 11.6 Å². The van der Waals surface area contributed by atoms with Crippen molar-refractivity contribution in [1.29, 1.82) is 0 Å². The van der Waals surface area contributed by atoms with Crippen LogP contribution in [0.3, 0.4) is 0 Å². The lowest BCUT2D eigenvalue weighted by Crippen LogP contribution is -1.97. The van der Waals surface area contributed by atoms with Crippen molar-refractivity contribution in [2.45, 2.75) is 6.42 Å². The van der Waals surface area contributed by atoms with E-state index in [-0.39, 0.29) is 0 Å². The van der Waals surface area contributed by atoms with Crippen LogP contribution < -0.4 is 0 Å². The Morgan fingerprint density at radius 2 is 1.80 bits per heavy atom. The first kappa shape index (κ1) is 12.8. The highest BCUT2D eigenvalue weighted by atomic mass is 35.5. The number of pyridine rings is 1. The smallest absolute Gasteiger partial charge is 0.161 e. The van der Waals surface area contributed by atoms with E-state index in [1.165, 1.54) is 0 Å². The van der Waals surface area contributed by atoms with Gasteiger partial charge in [0.25, 0.3) is 0 Å². The van der Waals surface area contributed by atoms with Crippen LogP contribution >= 0.6 is 11.6 Å². The summed E-state index contributed by atoms with van der Waals surface area (Å²) in [5.41, 5.74) is 2.94. The summed E-state index contributed by atoms with van der Waals surface area (Å²) in [6, 6.07) is 15.5.